The third-order valence-electron chi connectivity index (χ3n) is 1.77. The van der Waals surface area contributed by atoms with Crippen molar-refractivity contribution in [2.45, 2.75) is 0 Å². The fourth-order valence-corrected chi connectivity index (χ4v) is 1.09. The standard InChI is InChI=1S/C9H6N2O4/c12-7(9(13)14)5-4-10-8(11-5)6-2-1-3-15-6/h1-4H,(H,10,11)(H,13,14). The van der Waals surface area contributed by atoms with E-state index in [1.807, 2.05) is 0 Å². The second kappa shape index (κ2) is 3.41. The van der Waals surface area contributed by atoms with E-state index in [4.69, 9.17) is 9.52 Å². The van der Waals surface area contributed by atoms with Gasteiger partial charge < -0.3 is 14.5 Å². The van der Waals surface area contributed by atoms with Gasteiger partial charge in [-0.3, -0.25) is 4.79 Å². The van der Waals surface area contributed by atoms with Crippen LogP contribution in [-0.2, 0) is 4.79 Å². The number of aromatic amines is 1. The van der Waals surface area contributed by atoms with E-state index in [1.54, 1.807) is 12.1 Å². The number of carboxylic acid groups (broad SMARTS) is 1. The highest BCUT2D eigenvalue weighted by Crippen LogP contribution is 2.15. The van der Waals surface area contributed by atoms with Crippen molar-refractivity contribution in [3.63, 3.8) is 0 Å². The van der Waals surface area contributed by atoms with E-state index in [0.29, 0.717) is 11.6 Å². The molecule has 0 spiro atoms. The molecule has 0 aliphatic carbocycles. The lowest BCUT2D eigenvalue weighted by Crippen LogP contribution is -2.12. The largest absolute Gasteiger partial charge is 0.475 e. The number of furan rings is 1. The zero-order valence-corrected chi connectivity index (χ0v) is 7.43. The van der Waals surface area contributed by atoms with E-state index in [0.717, 1.165) is 6.20 Å². The Bertz CT molecular complexity index is 498. The molecule has 76 valence electrons. The Hall–Kier alpha value is -2.37. The van der Waals surface area contributed by atoms with Crippen LogP contribution in [0.15, 0.2) is 29.0 Å². The minimum absolute atomic E-state index is 0.0751. The number of hydrogen-bond donors (Lipinski definition) is 2. The first-order valence-corrected chi connectivity index (χ1v) is 4.05. The highest BCUT2D eigenvalue weighted by molar-refractivity contribution is 6.39. The lowest BCUT2D eigenvalue weighted by molar-refractivity contribution is -0.131. The van der Waals surface area contributed by atoms with Gasteiger partial charge in [0, 0.05) is 0 Å². The van der Waals surface area contributed by atoms with E-state index in [-0.39, 0.29) is 5.69 Å². The Morgan fingerprint density at radius 2 is 2.27 bits per heavy atom. The second-order valence-electron chi connectivity index (χ2n) is 2.76. The smallest absolute Gasteiger partial charge is 0.378 e. The number of nitrogens with one attached hydrogen (secondary N) is 1. The van der Waals surface area contributed by atoms with E-state index in [9.17, 15) is 9.59 Å². The molecule has 6 nitrogen and oxygen atoms in total. The van der Waals surface area contributed by atoms with Crippen molar-refractivity contribution >= 4 is 11.8 Å². The Labute approximate surface area is 83.6 Å². The maximum Gasteiger partial charge on any atom is 0.378 e. The number of nitrogens with zero attached hydrogens (tertiary/aromatic N) is 1. The highest BCUT2D eigenvalue weighted by atomic mass is 16.4. The third kappa shape index (κ3) is 1.64. The summed E-state index contributed by atoms with van der Waals surface area (Å²) in [4.78, 5) is 27.8. The first-order chi connectivity index (χ1) is 7.18. The van der Waals surface area contributed by atoms with Crippen LogP contribution in [0.25, 0.3) is 11.6 Å². The number of hydrogen-bond acceptors (Lipinski definition) is 4. The monoisotopic (exact) mass is 206 g/mol. The molecule has 15 heavy (non-hydrogen) atoms. The molecular weight excluding hydrogens is 200 g/mol. The van der Waals surface area contributed by atoms with Gasteiger partial charge in [-0.2, -0.15) is 0 Å². The van der Waals surface area contributed by atoms with Crippen LogP contribution < -0.4 is 0 Å². The van der Waals surface area contributed by atoms with Crippen LogP contribution in [0.2, 0.25) is 0 Å². The molecule has 0 unspecified atom stereocenters. The van der Waals surface area contributed by atoms with Gasteiger partial charge in [-0.1, -0.05) is 0 Å². The number of Topliss-reactive ketones (excluding diaryl/α,β-unsaturated/α-hetero) is 1. The van der Waals surface area contributed by atoms with Crippen molar-refractivity contribution in [1.82, 2.24) is 9.97 Å². The number of imidazole rings is 1. The fraction of sp³-hybridized carbons (Fsp3) is 0. The van der Waals surface area contributed by atoms with Crippen molar-refractivity contribution in [1.29, 1.82) is 0 Å². The summed E-state index contributed by atoms with van der Waals surface area (Å²) in [6.07, 6.45) is 2.62. The number of H-pyrrole nitrogens is 1. The Morgan fingerprint density at radius 3 is 2.87 bits per heavy atom. The number of aromatic nitrogens is 2. The van der Waals surface area contributed by atoms with Crippen LogP contribution in [0.5, 0.6) is 0 Å². The number of rotatable bonds is 3. The predicted molar refractivity (Wildman–Crippen MR) is 48.3 cm³/mol. The topological polar surface area (TPSA) is 96.2 Å². The molecule has 0 saturated carbocycles. The Morgan fingerprint density at radius 1 is 1.47 bits per heavy atom. The number of aliphatic carboxylic acids is 1. The molecule has 2 N–H and O–H groups in total. The minimum Gasteiger partial charge on any atom is -0.475 e. The number of carbonyl (C=O) groups excluding carboxylic acids is 1. The van der Waals surface area contributed by atoms with Crippen LogP contribution >= 0.6 is 0 Å². The molecule has 0 atom stereocenters. The molecule has 0 aliphatic heterocycles. The molecule has 0 amide bonds. The van der Waals surface area contributed by atoms with E-state index >= 15 is 0 Å². The Kier molecular flexibility index (Phi) is 2.09. The van der Waals surface area contributed by atoms with Crippen LogP contribution in [0.1, 0.15) is 10.5 Å². The molecule has 0 radical (unpaired) electrons. The van der Waals surface area contributed by atoms with Gasteiger partial charge in [-0.25, -0.2) is 9.78 Å². The van der Waals surface area contributed by atoms with Gasteiger partial charge in [0.1, 0.15) is 5.69 Å². The molecule has 0 fully saturated rings. The average molecular weight is 206 g/mol. The van der Waals surface area contributed by atoms with Gasteiger partial charge in [-0.15, -0.1) is 0 Å². The lowest BCUT2D eigenvalue weighted by Gasteiger charge is -1.89. The quantitative estimate of drug-likeness (QED) is 0.575. The van der Waals surface area contributed by atoms with Crippen molar-refractivity contribution in [2.75, 3.05) is 0 Å². The summed E-state index contributed by atoms with van der Waals surface area (Å²) in [5.74, 6) is -1.78. The van der Waals surface area contributed by atoms with Crippen molar-refractivity contribution < 1.29 is 19.1 Å². The molecule has 2 rings (SSSR count). The van der Waals surface area contributed by atoms with Crippen molar-refractivity contribution in [3.05, 3.63) is 30.3 Å². The fourth-order valence-electron chi connectivity index (χ4n) is 1.09. The van der Waals surface area contributed by atoms with Crippen molar-refractivity contribution in [3.8, 4) is 11.6 Å². The summed E-state index contributed by atoms with van der Waals surface area (Å²) in [6.45, 7) is 0. The summed E-state index contributed by atoms with van der Waals surface area (Å²) in [6, 6.07) is 3.31. The van der Waals surface area contributed by atoms with Crippen molar-refractivity contribution in [2.24, 2.45) is 0 Å². The van der Waals surface area contributed by atoms with Crippen LogP contribution in [0, 0.1) is 0 Å². The van der Waals surface area contributed by atoms with Gasteiger partial charge >= 0.3 is 5.97 Å². The van der Waals surface area contributed by atoms with Gasteiger partial charge in [0.25, 0.3) is 5.78 Å². The zero-order chi connectivity index (χ0) is 10.8. The first kappa shape index (κ1) is 9.20. The number of carbonyl (C=O) groups is 2. The summed E-state index contributed by atoms with van der Waals surface area (Å²) < 4.78 is 5.02. The summed E-state index contributed by atoms with van der Waals surface area (Å²) in [5, 5.41) is 8.45. The second-order valence-corrected chi connectivity index (χ2v) is 2.76. The minimum atomic E-state index is -1.52. The van der Waals surface area contributed by atoms with Gasteiger partial charge in [-0.05, 0) is 12.1 Å². The van der Waals surface area contributed by atoms with Gasteiger partial charge in [0.2, 0.25) is 0 Å². The molecular formula is C9H6N2O4. The molecule has 2 heterocycles. The highest BCUT2D eigenvalue weighted by Gasteiger charge is 2.18. The normalized spacial score (nSPS) is 10.1. The van der Waals surface area contributed by atoms with Crippen LogP contribution in [0.3, 0.4) is 0 Å². The molecule has 0 bridgehead atoms. The van der Waals surface area contributed by atoms with Crippen LogP contribution in [-0.4, -0.2) is 26.8 Å². The lowest BCUT2D eigenvalue weighted by atomic mass is 10.3. The SMILES string of the molecule is O=C(O)C(=O)c1cnc(-c2ccco2)[nH]1. The molecule has 0 saturated heterocycles. The maximum atomic E-state index is 11.0. The maximum absolute atomic E-state index is 11.0. The third-order valence-corrected chi connectivity index (χ3v) is 1.77. The Balaban J connectivity index is 2.33. The van der Waals surface area contributed by atoms with Crippen LogP contribution in [0.4, 0.5) is 0 Å². The molecule has 2 aromatic heterocycles. The van der Waals surface area contributed by atoms with E-state index in [2.05, 4.69) is 9.97 Å². The molecule has 2 aromatic rings. The molecule has 0 aliphatic rings. The zero-order valence-electron chi connectivity index (χ0n) is 7.43. The van der Waals surface area contributed by atoms with E-state index < -0.39 is 11.8 Å². The summed E-state index contributed by atoms with van der Waals surface area (Å²) >= 11 is 0. The average Bonchev–Trinajstić information content (AvgIpc) is 2.86. The summed E-state index contributed by atoms with van der Waals surface area (Å²) in [7, 11) is 0. The molecule has 6 heteroatoms. The predicted octanol–water partition coefficient (Wildman–Crippen LogP) is 0.937. The van der Waals surface area contributed by atoms with E-state index in [1.165, 1.54) is 6.26 Å². The molecule has 0 aromatic carbocycles. The number of ketones is 1. The first-order valence-electron chi connectivity index (χ1n) is 4.05. The van der Waals surface area contributed by atoms with Gasteiger partial charge in [0.05, 0.1) is 12.5 Å². The summed E-state index contributed by atoms with van der Waals surface area (Å²) in [5.41, 5.74) is -0.0751. The number of carboxylic acids is 1. The van der Waals surface area contributed by atoms with Gasteiger partial charge in [0.15, 0.2) is 11.6 Å².